The quantitative estimate of drug-likeness (QED) is 0.469. The molecule has 33 heavy (non-hydrogen) atoms. The smallest absolute Gasteiger partial charge is 0.258 e. The van der Waals surface area contributed by atoms with Gasteiger partial charge in [0.05, 0.1) is 10.6 Å². The standard InChI is InChI=1S/C25H30ClN3O4/c1-16(2)23(29-24(31)20-5-3-4-6-21(20)26)25(32)27-14-13-17-7-11-19(12-8-17)33-15-22(30)28-18-9-10-18/h3-8,11-12,16,18,23H,9-10,13-15H2,1-2H3,(H,27,32)(H,28,30)(H,29,31). The van der Waals surface area contributed by atoms with Crippen LogP contribution in [0.2, 0.25) is 5.02 Å². The van der Waals surface area contributed by atoms with Crippen molar-refractivity contribution in [3.8, 4) is 5.75 Å². The van der Waals surface area contributed by atoms with Gasteiger partial charge in [-0.25, -0.2) is 0 Å². The van der Waals surface area contributed by atoms with E-state index >= 15 is 0 Å². The Labute approximate surface area is 199 Å². The highest BCUT2D eigenvalue weighted by Crippen LogP contribution is 2.19. The molecule has 3 N–H and O–H groups in total. The van der Waals surface area contributed by atoms with E-state index in [0.717, 1.165) is 18.4 Å². The summed E-state index contributed by atoms with van der Waals surface area (Å²) in [5.74, 6) is -0.200. The number of rotatable bonds is 11. The van der Waals surface area contributed by atoms with Gasteiger partial charge in [-0.1, -0.05) is 49.7 Å². The third-order valence-electron chi connectivity index (χ3n) is 5.30. The van der Waals surface area contributed by atoms with Crippen LogP contribution in [-0.2, 0) is 16.0 Å². The largest absolute Gasteiger partial charge is 0.484 e. The maximum absolute atomic E-state index is 12.7. The van der Waals surface area contributed by atoms with Crippen LogP contribution in [0.15, 0.2) is 48.5 Å². The molecule has 3 amide bonds. The Hall–Kier alpha value is -3.06. The van der Waals surface area contributed by atoms with Gasteiger partial charge < -0.3 is 20.7 Å². The fourth-order valence-corrected chi connectivity index (χ4v) is 3.46. The molecule has 1 fully saturated rings. The molecule has 0 saturated heterocycles. The van der Waals surface area contributed by atoms with Gasteiger partial charge in [-0.05, 0) is 55.0 Å². The minimum Gasteiger partial charge on any atom is -0.484 e. The summed E-state index contributed by atoms with van der Waals surface area (Å²) in [4.78, 5) is 36.9. The molecule has 3 rings (SSSR count). The van der Waals surface area contributed by atoms with Crippen LogP contribution in [0.25, 0.3) is 0 Å². The van der Waals surface area contributed by atoms with Gasteiger partial charge in [0, 0.05) is 12.6 Å². The van der Waals surface area contributed by atoms with Crippen LogP contribution >= 0.6 is 11.6 Å². The predicted molar refractivity (Wildman–Crippen MR) is 127 cm³/mol. The molecule has 0 aliphatic heterocycles. The Balaban J connectivity index is 1.44. The molecule has 7 nitrogen and oxygen atoms in total. The Morgan fingerprint density at radius 3 is 2.39 bits per heavy atom. The van der Waals surface area contributed by atoms with Gasteiger partial charge in [-0.15, -0.1) is 0 Å². The number of carbonyl (C=O) groups excluding carboxylic acids is 3. The van der Waals surface area contributed by atoms with Crippen LogP contribution in [0.4, 0.5) is 0 Å². The summed E-state index contributed by atoms with van der Waals surface area (Å²) in [6.45, 7) is 4.18. The molecular formula is C25H30ClN3O4. The van der Waals surface area contributed by atoms with Crippen molar-refractivity contribution < 1.29 is 19.1 Å². The second-order valence-electron chi connectivity index (χ2n) is 8.49. The van der Waals surface area contributed by atoms with Crippen molar-refractivity contribution in [1.82, 2.24) is 16.0 Å². The fourth-order valence-electron chi connectivity index (χ4n) is 3.24. The van der Waals surface area contributed by atoms with Gasteiger partial charge in [-0.2, -0.15) is 0 Å². The zero-order chi connectivity index (χ0) is 23.8. The number of hydrogen-bond acceptors (Lipinski definition) is 4. The van der Waals surface area contributed by atoms with Gasteiger partial charge >= 0.3 is 0 Å². The summed E-state index contributed by atoms with van der Waals surface area (Å²) < 4.78 is 5.50. The number of carbonyl (C=O) groups is 3. The zero-order valence-corrected chi connectivity index (χ0v) is 19.7. The molecule has 0 aromatic heterocycles. The summed E-state index contributed by atoms with van der Waals surface area (Å²) in [5, 5.41) is 8.89. The van der Waals surface area contributed by atoms with E-state index in [1.165, 1.54) is 0 Å². The van der Waals surface area contributed by atoms with Gasteiger partial charge in [0.2, 0.25) is 5.91 Å². The summed E-state index contributed by atoms with van der Waals surface area (Å²) in [6, 6.07) is 13.8. The van der Waals surface area contributed by atoms with Crippen molar-refractivity contribution in [3.05, 3.63) is 64.7 Å². The van der Waals surface area contributed by atoms with E-state index in [1.807, 2.05) is 38.1 Å². The lowest BCUT2D eigenvalue weighted by Gasteiger charge is -2.22. The van der Waals surface area contributed by atoms with Crippen molar-refractivity contribution in [1.29, 1.82) is 0 Å². The molecular weight excluding hydrogens is 442 g/mol. The monoisotopic (exact) mass is 471 g/mol. The fraction of sp³-hybridized carbons (Fsp3) is 0.400. The lowest BCUT2D eigenvalue weighted by Crippen LogP contribution is -2.50. The second kappa shape index (κ2) is 11.7. The van der Waals surface area contributed by atoms with Crippen LogP contribution in [0, 0.1) is 5.92 Å². The van der Waals surface area contributed by atoms with Gasteiger partial charge in [-0.3, -0.25) is 14.4 Å². The summed E-state index contributed by atoms with van der Waals surface area (Å²) in [6.07, 6.45) is 2.71. The molecule has 0 spiro atoms. The predicted octanol–water partition coefficient (Wildman–Crippen LogP) is 3.11. The Bertz CT molecular complexity index is 974. The van der Waals surface area contributed by atoms with Crippen LogP contribution < -0.4 is 20.7 Å². The molecule has 1 aliphatic carbocycles. The molecule has 2 aromatic carbocycles. The van der Waals surface area contributed by atoms with Gasteiger partial charge in [0.1, 0.15) is 11.8 Å². The molecule has 0 bridgehead atoms. The first-order valence-electron chi connectivity index (χ1n) is 11.2. The number of amides is 3. The summed E-state index contributed by atoms with van der Waals surface area (Å²) in [7, 11) is 0. The average Bonchev–Trinajstić information content (AvgIpc) is 3.60. The van der Waals surface area contributed by atoms with E-state index in [-0.39, 0.29) is 30.2 Å². The third-order valence-corrected chi connectivity index (χ3v) is 5.63. The molecule has 176 valence electrons. The van der Waals surface area contributed by atoms with Gasteiger partial charge in [0.25, 0.3) is 11.8 Å². The summed E-state index contributed by atoms with van der Waals surface area (Å²) in [5.41, 5.74) is 1.36. The zero-order valence-electron chi connectivity index (χ0n) is 18.9. The minimum atomic E-state index is -0.675. The van der Waals surface area contributed by atoms with E-state index in [1.54, 1.807) is 24.3 Å². The molecule has 1 aliphatic rings. The van der Waals surface area contributed by atoms with Gasteiger partial charge in [0.15, 0.2) is 6.61 Å². The van der Waals surface area contributed by atoms with Crippen molar-refractivity contribution in [2.75, 3.05) is 13.2 Å². The minimum absolute atomic E-state index is 0.00239. The van der Waals surface area contributed by atoms with E-state index in [4.69, 9.17) is 16.3 Å². The first-order valence-corrected chi connectivity index (χ1v) is 11.6. The Morgan fingerprint density at radius 2 is 1.76 bits per heavy atom. The molecule has 2 aromatic rings. The first kappa shape index (κ1) is 24.6. The lowest BCUT2D eigenvalue weighted by atomic mass is 10.0. The number of nitrogens with one attached hydrogen (secondary N) is 3. The highest BCUT2D eigenvalue weighted by Gasteiger charge is 2.25. The summed E-state index contributed by atoms with van der Waals surface area (Å²) >= 11 is 6.09. The maximum Gasteiger partial charge on any atom is 0.258 e. The van der Waals surface area contributed by atoms with Crippen molar-refractivity contribution >= 4 is 29.3 Å². The molecule has 1 atom stereocenters. The number of benzene rings is 2. The average molecular weight is 472 g/mol. The molecule has 1 saturated carbocycles. The first-order chi connectivity index (χ1) is 15.8. The van der Waals surface area contributed by atoms with Crippen LogP contribution in [0.1, 0.15) is 42.6 Å². The second-order valence-corrected chi connectivity index (χ2v) is 8.90. The van der Waals surface area contributed by atoms with E-state index in [9.17, 15) is 14.4 Å². The lowest BCUT2D eigenvalue weighted by molar-refractivity contribution is -0.124. The highest BCUT2D eigenvalue weighted by atomic mass is 35.5. The maximum atomic E-state index is 12.7. The molecule has 1 unspecified atom stereocenters. The highest BCUT2D eigenvalue weighted by molar-refractivity contribution is 6.33. The van der Waals surface area contributed by atoms with Crippen molar-refractivity contribution in [2.45, 2.75) is 45.2 Å². The Kier molecular flexibility index (Phi) is 8.72. The van der Waals surface area contributed by atoms with E-state index < -0.39 is 6.04 Å². The normalized spacial score (nSPS) is 13.8. The molecule has 8 heteroatoms. The number of ether oxygens (including phenoxy) is 1. The van der Waals surface area contributed by atoms with Crippen LogP contribution in [0.3, 0.4) is 0 Å². The number of hydrogen-bond donors (Lipinski definition) is 3. The Morgan fingerprint density at radius 1 is 1.06 bits per heavy atom. The topological polar surface area (TPSA) is 96.5 Å². The van der Waals surface area contributed by atoms with E-state index in [2.05, 4.69) is 16.0 Å². The number of halogens is 1. The third kappa shape index (κ3) is 7.79. The van der Waals surface area contributed by atoms with E-state index in [0.29, 0.717) is 35.3 Å². The van der Waals surface area contributed by atoms with Crippen LogP contribution in [-0.4, -0.2) is 43.0 Å². The van der Waals surface area contributed by atoms with Crippen molar-refractivity contribution in [3.63, 3.8) is 0 Å². The van der Waals surface area contributed by atoms with Crippen molar-refractivity contribution in [2.24, 2.45) is 5.92 Å². The SMILES string of the molecule is CC(C)C(NC(=O)c1ccccc1Cl)C(=O)NCCc1ccc(OCC(=O)NC2CC2)cc1. The molecule has 0 heterocycles. The molecule has 0 radical (unpaired) electrons. The van der Waals surface area contributed by atoms with Crippen LogP contribution in [0.5, 0.6) is 5.75 Å².